The van der Waals surface area contributed by atoms with Crippen molar-refractivity contribution in [1.82, 2.24) is 16.0 Å². The van der Waals surface area contributed by atoms with Crippen LogP contribution in [0.4, 0.5) is 0 Å². The molecule has 0 aliphatic rings. The summed E-state index contributed by atoms with van der Waals surface area (Å²) in [5, 5.41) is 33.7. The summed E-state index contributed by atoms with van der Waals surface area (Å²) in [5.74, 6) is -4.37. The lowest BCUT2D eigenvalue weighted by molar-refractivity contribution is -0.143. The molecule has 0 aromatic carbocycles. The van der Waals surface area contributed by atoms with Gasteiger partial charge in [0.2, 0.25) is 17.7 Å². The maximum absolute atomic E-state index is 12.2. The zero-order chi connectivity index (χ0) is 22.6. The van der Waals surface area contributed by atoms with Gasteiger partial charge in [0.15, 0.2) is 0 Å². The summed E-state index contributed by atoms with van der Waals surface area (Å²) in [6.45, 7) is 0.529. The average Bonchev–Trinajstić information content (AvgIpc) is 2.65. The lowest BCUT2D eigenvalue weighted by atomic mass is 10.1. The molecule has 3 amide bonds. The highest BCUT2D eigenvalue weighted by atomic mass is 32.2. The number of aliphatic carboxylic acids is 2. The van der Waals surface area contributed by atoms with Crippen molar-refractivity contribution in [3.05, 3.63) is 0 Å². The van der Waals surface area contributed by atoms with Gasteiger partial charge in [0, 0.05) is 6.42 Å². The zero-order valence-electron chi connectivity index (χ0n) is 16.2. The van der Waals surface area contributed by atoms with E-state index in [1.165, 1.54) is 18.7 Å². The van der Waals surface area contributed by atoms with Gasteiger partial charge in [0.25, 0.3) is 0 Å². The Morgan fingerprint density at radius 1 is 0.931 bits per heavy atom. The molecular formula is C16H28N4O8S. The Hall–Kier alpha value is -2.38. The highest BCUT2D eigenvalue weighted by molar-refractivity contribution is 7.98. The van der Waals surface area contributed by atoms with Gasteiger partial charge < -0.3 is 37.0 Å². The quantitative estimate of drug-likeness (QED) is 0.152. The van der Waals surface area contributed by atoms with Crippen LogP contribution in [0.2, 0.25) is 0 Å². The number of carboxylic acids is 2. The third kappa shape index (κ3) is 10.7. The topological polar surface area (TPSA) is 208 Å². The van der Waals surface area contributed by atoms with Crippen molar-refractivity contribution >= 4 is 41.4 Å². The molecule has 0 aliphatic heterocycles. The number of hydrogen-bond donors (Lipinski definition) is 7. The SMILES string of the molecule is CSCCC(N)C(=O)NC(CO)C(=O)NC(C)C(=O)NC(CCC(=O)O)C(=O)O. The Morgan fingerprint density at radius 3 is 2.00 bits per heavy atom. The molecule has 0 fully saturated rings. The Labute approximate surface area is 172 Å². The van der Waals surface area contributed by atoms with Crippen molar-refractivity contribution in [2.24, 2.45) is 5.73 Å². The highest BCUT2D eigenvalue weighted by Gasteiger charge is 2.28. The molecule has 29 heavy (non-hydrogen) atoms. The zero-order valence-corrected chi connectivity index (χ0v) is 17.0. The predicted octanol–water partition coefficient (Wildman–Crippen LogP) is -2.52. The molecule has 0 bridgehead atoms. The van der Waals surface area contributed by atoms with Gasteiger partial charge in [-0.05, 0) is 31.8 Å². The van der Waals surface area contributed by atoms with Crippen molar-refractivity contribution < 1.29 is 39.3 Å². The van der Waals surface area contributed by atoms with Crippen LogP contribution in [0, 0.1) is 0 Å². The number of thioether (sulfide) groups is 1. The number of aliphatic hydroxyl groups excluding tert-OH is 1. The van der Waals surface area contributed by atoms with E-state index in [1.54, 1.807) is 0 Å². The number of hydrogen-bond acceptors (Lipinski definition) is 8. The van der Waals surface area contributed by atoms with Crippen LogP contribution in [0.1, 0.15) is 26.2 Å². The molecular weight excluding hydrogens is 408 g/mol. The molecule has 0 radical (unpaired) electrons. The minimum Gasteiger partial charge on any atom is -0.481 e. The Morgan fingerprint density at radius 2 is 1.52 bits per heavy atom. The molecule has 12 nitrogen and oxygen atoms in total. The molecule has 166 valence electrons. The van der Waals surface area contributed by atoms with Crippen LogP contribution in [-0.4, -0.2) is 87.8 Å². The number of amides is 3. The summed E-state index contributed by atoms with van der Waals surface area (Å²) in [6, 6.07) is -4.86. The lowest BCUT2D eigenvalue weighted by Crippen LogP contribution is -2.57. The van der Waals surface area contributed by atoms with Crippen molar-refractivity contribution in [3.63, 3.8) is 0 Å². The normalized spacial score (nSPS) is 14.8. The van der Waals surface area contributed by atoms with Crippen molar-refractivity contribution in [2.75, 3.05) is 18.6 Å². The maximum atomic E-state index is 12.2. The molecule has 0 saturated heterocycles. The van der Waals surface area contributed by atoms with Gasteiger partial charge in [-0.25, -0.2) is 4.79 Å². The van der Waals surface area contributed by atoms with Gasteiger partial charge in [-0.1, -0.05) is 0 Å². The fraction of sp³-hybridized carbons (Fsp3) is 0.688. The van der Waals surface area contributed by atoms with Gasteiger partial charge in [0.1, 0.15) is 18.1 Å². The van der Waals surface area contributed by atoms with Crippen molar-refractivity contribution in [2.45, 2.75) is 50.4 Å². The van der Waals surface area contributed by atoms with Crippen LogP contribution in [0.5, 0.6) is 0 Å². The maximum Gasteiger partial charge on any atom is 0.326 e. The van der Waals surface area contributed by atoms with Gasteiger partial charge in [-0.2, -0.15) is 11.8 Å². The van der Waals surface area contributed by atoms with Gasteiger partial charge in [0.05, 0.1) is 12.6 Å². The van der Waals surface area contributed by atoms with E-state index in [1.807, 2.05) is 6.26 Å². The summed E-state index contributed by atoms with van der Waals surface area (Å²) in [7, 11) is 0. The largest absolute Gasteiger partial charge is 0.481 e. The van der Waals surface area contributed by atoms with E-state index in [0.717, 1.165) is 0 Å². The number of nitrogens with one attached hydrogen (secondary N) is 3. The van der Waals surface area contributed by atoms with Crippen LogP contribution in [-0.2, 0) is 24.0 Å². The monoisotopic (exact) mass is 436 g/mol. The second-order valence-electron chi connectivity index (χ2n) is 6.19. The highest BCUT2D eigenvalue weighted by Crippen LogP contribution is 2.01. The molecule has 4 unspecified atom stereocenters. The van der Waals surface area contributed by atoms with Gasteiger partial charge in [-0.3, -0.25) is 19.2 Å². The minimum atomic E-state index is -1.44. The first-order chi connectivity index (χ1) is 13.5. The second-order valence-corrected chi connectivity index (χ2v) is 7.18. The Bertz CT molecular complexity index is 603. The Balaban J connectivity index is 4.76. The molecule has 0 aromatic rings. The first-order valence-corrected chi connectivity index (χ1v) is 10.1. The molecule has 8 N–H and O–H groups in total. The summed E-state index contributed by atoms with van der Waals surface area (Å²) < 4.78 is 0. The van der Waals surface area contributed by atoms with Crippen molar-refractivity contribution in [1.29, 1.82) is 0 Å². The van der Waals surface area contributed by atoms with Crippen LogP contribution in [0.25, 0.3) is 0 Å². The molecule has 0 heterocycles. The molecule has 0 aromatic heterocycles. The third-order valence-electron chi connectivity index (χ3n) is 3.80. The number of carboxylic acid groups (broad SMARTS) is 2. The summed E-state index contributed by atoms with van der Waals surface area (Å²) >= 11 is 1.49. The molecule has 0 saturated carbocycles. The van der Waals surface area contributed by atoms with Crippen LogP contribution in [0.15, 0.2) is 0 Å². The van der Waals surface area contributed by atoms with Crippen LogP contribution < -0.4 is 21.7 Å². The lowest BCUT2D eigenvalue weighted by Gasteiger charge is -2.22. The molecule has 13 heteroatoms. The molecule has 0 rings (SSSR count). The van der Waals surface area contributed by atoms with Crippen LogP contribution >= 0.6 is 11.8 Å². The smallest absolute Gasteiger partial charge is 0.326 e. The fourth-order valence-electron chi connectivity index (χ4n) is 2.05. The second kappa shape index (κ2) is 13.7. The molecule has 0 spiro atoms. The van der Waals surface area contributed by atoms with E-state index in [-0.39, 0.29) is 6.42 Å². The first kappa shape index (κ1) is 26.6. The third-order valence-corrected chi connectivity index (χ3v) is 4.44. The summed E-state index contributed by atoms with van der Waals surface area (Å²) in [5.41, 5.74) is 5.69. The standard InChI is InChI=1S/C16H28N4O8S/c1-8(13(24)19-10(16(27)28)3-4-12(22)23)18-15(26)11(7-21)20-14(25)9(17)5-6-29-2/h8-11,21H,3-7,17H2,1-2H3,(H,18,26)(H,19,24)(H,20,25)(H,22,23)(H,27,28). The van der Waals surface area contributed by atoms with E-state index < -0.39 is 66.9 Å². The number of carbonyl (C=O) groups is 5. The Kier molecular flexibility index (Phi) is 12.6. The molecule has 0 aliphatic carbocycles. The first-order valence-electron chi connectivity index (χ1n) is 8.74. The predicted molar refractivity (Wildman–Crippen MR) is 104 cm³/mol. The van der Waals surface area contributed by atoms with E-state index in [2.05, 4.69) is 16.0 Å². The minimum absolute atomic E-state index is 0.333. The molecule has 4 atom stereocenters. The number of nitrogens with two attached hydrogens (primary N) is 1. The summed E-state index contributed by atoms with van der Waals surface area (Å²) in [4.78, 5) is 57.9. The van der Waals surface area contributed by atoms with Gasteiger partial charge in [-0.15, -0.1) is 0 Å². The van der Waals surface area contributed by atoms with Gasteiger partial charge >= 0.3 is 11.9 Å². The van der Waals surface area contributed by atoms with E-state index in [9.17, 15) is 29.1 Å². The number of carbonyl (C=O) groups excluding carboxylic acids is 3. The van der Waals surface area contributed by atoms with E-state index >= 15 is 0 Å². The summed E-state index contributed by atoms with van der Waals surface area (Å²) in [6.07, 6.45) is 1.42. The van der Waals surface area contributed by atoms with Crippen molar-refractivity contribution in [3.8, 4) is 0 Å². The van der Waals surface area contributed by atoms with E-state index in [0.29, 0.717) is 12.2 Å². The number of rotatable bonds is 14. The van der Waals surface area contributed by atoms with Crippen LogP contribution in [0.3, 0.4) is 0 Å². The van der Waals surface area contributed by atoms with E-state index in [4.69, 9.17) is 15.9 Å². The average molecular weight is 436 g/mol. The fourth-order valence-corrected chi connectivity index (χ4v) is 2.54. The number of aliphatic hydroxyl groups is 1.